The van der Waals surface area contributed by atoms with Gasteiger partial charge in [0.1, 0.15) is 6.33 Å². The van der Waals surface area contributed by atoms with E-state index in [4.69, 9.17) is 5.11 Å². The van der Waals surface area contributed by atoms with Gasteiger partial charge in [-0.15, -0.1) is 0 Å². The van der Waals surface area contributed by atoms with Gasteiger partial charge in [-0.3, -0.25) is 0 Å². The fourth-order valence-electron chi connectivity index (χ4n) is 1.25. The predicted octanol–water partition coefficient (Wildman–Crippen LogP) is 0.0911. The Bertz CT molecular complexity index is 271. The van der Waals surface area contributed by atoms with Crippen molar-refractivity contribution in [2.24, 2.45) is 0 Å². The number of hydrogen-bond donors (Lipinski definition) is 2. The zero-order valence-corrected chi connectivity index (χ0v) is 7.40. The number of hydrogen-bond acceptors (Lipinski definition) is 4. The molecule has 1 aromatic rings. The van der Waals surface area contributed by atoms with Gasteiger partial charge in [-0.25, -0.2) is 9.97 Å². The summed E-state index contributed by atoms with van der Waals surface area (Å²) in [6.07, 6.45) is 7.22. The summed E-state index contributed by atoms with van der Waals surface area (Å²) in [6, 6.07) is 0. The quantitative estimate of drug-likeness (QED) is 0.687. The van der Waals surface area contributed by atoms with E-state index in [0.717, 1.165) is 24.9 Å². The van der Waals surface area contributed by atoms with Gasteiger partial charge in [-0.05, 0) is 12.8 Å². The van der Waals surface area contributed by atoms with Crippen LogP contribution in [0.4, 0.5) is 0 Å². The average Bonchev–Trinajstić information content (AvgIpc) is 2.97. The van der Waals surface area contributed by atoms with Crippen molar-refractivity contribution < 1.29 is 5.11 Å². The topological polar surface area (TPSA) is 58.0 Å². The van der Waals surface area contributed by atoms with Gasteiger partial charge in [0.25, 0.3) is 0 Å². The molecule has 13 heavy (non-hydrogen) atoms. The Morgan fingerprint density at radius 2 is 2.08 bits per heavy atom. The summed E-state index contributed by atoms with van der Waals surface area (Å²) in [7, 11) is 0. The van der Waals surface area contributed by atoms with E-state index < -0.39 is 0 Å². The molecule has 2 N–H and O–H groups in total. The maximum Gasteiger partial charge on any atom is 0.115 e. The van der Waals surface area contributed by atoms with Gasteiger partial charge < -0.3 is 10.4 Å². The van der Waals surface area contributed by atoms with Gasteiger partial charge in [-0.2, -0.15) is 0 Å². The maximum atomic E-state index is 9.04. The first-order valence-electron chi connectivity index (χ1n) is 4.44. The highest BCUT2D eigenvalue weighted by Gasteiger charge is 2.41. The standard InChI is InChI=1S/C9H13N3O/c13-6-9(1-2-9)12-5-8-3-10-7-11-4-8/h3-4,7,12-13H,1-2,5-6H2. The largest absolute Gasteiger partial charge is 0.394 e. The summed E-state index contributed by atoms with van der Waals surface area (Å²) in [5.41, 5.74) is 1.05. The Balaban J connectivity index is 1.86. The molecule has 0 aromatic carbocycles. The number of nitrogens with one attached hydrogen (secondary N) is 1. The van der Waals surface area contributed by atoms with Crippen LogP contribution in [0.25, 0.3) is 0 Å². The van der Waals surface area contributed by atoms with Crippen molar-refractivity contribution in [1.82, 2.24) is 15.3 Å². The van der Waals surface area contributed by atoms with E-state index in [2.05, 4.69) is 15.3 Å². The van der Waals surface area contributed by atoms with Crippen molar-refractivity contribution in [3.05, 3.63) is 24.3 Å². The fraction of sp³-hybridized carbons (Fsp3) is 0.556. The van der Waals surface area contributed by atoms with E-state index in [0.29, 0.717) is 0 Å². The van der Waals surface area contributed by atoms with Crippen molar-refractivity contribution in [3.8, 4) is 0 Å². The molecule has 1 fully saturated rings. The third-order valence-electron chi connectivity index (χ3n) is 2.44. The third kappa shape index (κ3) is 2.02. The molecule has 0 radical (unpaired) electrons. The monoisotopic (exact) mass is 179 g/mol. The lowest BCUT2D eigenvalue weighted by atomic mass is 10.2. The molecular weight excluding hydrogens is 166 g/mol. The Kier molecular flexibility index (Phi) is 2.24. The van der Waals surface area contributed by atoms with Crippen molar-refractivity contribution in [1.29, 1.82) is 0 Å². The average molecular weight is 179 g/mol. The molecule has 4 nitrogen and oxygen atoms in total. The van der Waals surface area contributed by atoms with Crippen LogP contribution >= 0.6 is 0 Å². The van der Waals surface area contributed by atoms with Crippen LogP contribution in [-0.4, -0.2) is 27.2 Å². The van der Waals surface area contributed by atoms with E-state index >= 15 is 0 Å². The highest BCUT2D eigenvalue weighted by molar-refractivity contribution is 5.07. The Labute approximate surface area is 77.0 Å². The predicted molar refractivity (Wildman–Crippen MR) is 47.9 cm³/mol. The maximum absolute atomic E-state index is 9.04. The lowest BCUT2D eigenvalue weighted by molar-refractivity contribution is 0.229. The van der Waals surface area contributed by atoms with Crippen LogP contribution in [0.5, 0.6) is 0 Å². The summed E-state index contributed by atoms with van der Waals surface area (Å²) in [5, 5.41) is 12.3. The van der Waals surface area contributed by atoms with Gasteiger partial charge in [0.05, 0.1) is 6.61 Å². The molecular formula is C9H13N3O. The minimum Gasteiger partial charge on any atom is -0.394 e. The van der Waals surface area contributed by atoms with Crippen LogP contribution in [0.15, 0.2) is 18.7 Å². The Morgan fingerprint density at radius 1 is 1.38 bits per heavy atom. The van der Waals surface area contributed by atoms with Gasteiger partial charge in [0.15, 0.2) is 0 Å². The summed E-state index contributed by atoms with van der Waals surface area (Å²) in [4.78, 5) is 7.84. The molecule has 2 rings (SSSR count). The number of rotatable bonds is 4. The molecule has 0 spiro atoms. The van der Waals surface area contributed by atoms with E-state index in [9.17, 15) is 0 Å². The fourth-order valence-corrected chi connectivity index (χ4v) is 1.25. The lowest BCUT2D eigenvalue weighted by Gasteiger charge is -2.13. The van der Waals surface area contributed by atoms with Gasteiger partial charge in [-0.1, -0.05) is 0 Å². The van der Waals surface area contributed by atoms with Crippen LogP contribution in [0.1, 0.15) is 18.4 Å². The number of aliphatic hydroxyl groups excluding tert-OH is 1. The number of aromatic nitrogens is 2. The van der Waals surface area contributed by atoms with Crippen LogP contribution in [-0.2, 0) is 6.54 Å². The minimum atomic E-state index is -0.00413. The molecule has 0 saturated heterocycles. The van der Waals surface area contributed by atoms with Crippen LogP contribution in [0, 0.1) is 0 Å². The number of nitrogens with zero attached hydrogens (tertiary/aromatic N) is 2. The number of aliphatic hydroxyl groups is 1. The van der Waals surface area contributed by atoms with Crippen molar-refractivity contribution in [2.45, 2.75) is 24.9 Å². The third-order valence-corrected chi connectivity index (χ3v) is 2.44. The van der Waals surface area contributed by atoms with E-state index in [-0.39, 0.29) is 12.1 Å². The zero-order valence-electron chi connectivity index (χ0n) is 7.40. The van der Waals surface area contributed by atoms with E-state index in [1.54, 1.807) is 12.4 Å². The molecule has 1 saturated carbocycles. The normalized spacial score (nSPS) is 18.5. The lowest BCUT2D eigenvalue weighted by Crippen LogP contribution is -2.34. The summed E-state index contributed by atoms with van der Waals surface area (Å²) in [6.45, 7) is 0.960. The molecule has 70 valence electrons. The molecule has 1 aliphatic rings. The molecule has 0 unspecified atom stereocenters. The minimum absolute atomic E-state index is 0.00413. The molecule has 0 atom stereocenters. The Morgan fingerprint density at radius 3 is 2.62 bits per heavy atom. The molecule has 4 heteroatoms. The highest BCUT2D eigenvalue weighted by atomic mass is 16.3. The SMILES string of the molecule is OCC1(NCc2cncnc2)CC1. The zero-order chi connectivity index (χ0) is 9.15. The summed E-state index contributed by atoms with van der Waals surface area (Å²) in [5.74, 6) is 0. The molecule has 1 aliphatic carbocycles. The molecule has 1 aromatic heterocycles. The molecule has 0 amide bonds. The first kappa shape index (κ1) is 8.59. The first-order chi connectivity index (χ1) is 6.35. The molecule has 1 heterocycles. The van der Waals surface area contributed by atoms with E-state index in [1.165, 1.54) is 6.33 Å². The van der Waals surface area contributed by atoms with Crippen LogP contribution < -0.4 is 5.32 Å². The second-order valence-electron chi connectivity index (χ2n) is 3.54. The van der Waals surface area contributed by atoms with Crippen LogP contribution in [0.2, 0.25) is 0 Å². The van der Waals surface area contributed by atoms with Crippen molar-refractivity contribution >= 4 is 0 Å². The summed E-state index contributed by atoms with van der Waals surface area (Å²) < 4.78 is 0. The van der Waals surface area contributed by atoms with Crippen molar-refractivity contribution in [3.63, 3.8) is 0 Å². The molecule has 0 bridgehead atoms. The highest BCUT2D eigenvalue weighted by Crippen LogP contribution is 2.34. The van der Waals surface area contributed by atoms with Gasteiger partial charge in [0.2, 0.25) is 0 Å². The molecule has 0 aliphatic heterocycles. The smallest absolute Gasteiger partial charge is 0.115 e. The van der Waals surface area contributed by atoms with Gasteiger partial charge >= 0.3 is 0 Å². The van der Waals surface area contributed by atoms with E-state index in [1.807, 2.05) is 0 Å². The second kappa shape index (κ2) is 3.40. The Hall–Kier alpha value is -1.00. The second-order valence-corrected chi connectivity index (χ2v) is 3.54. The first-order valence-corrected chi connectivity index (χ1v) is 4.44. The van der Waals surface area contributed by atoms with Crippen LogP contribution in [0.3, 0.4) is 0 Å². The summed E-state index contributed by atoms with van der Waals surface area (Å²) >= 11 is 0. The van der Waals surface area contributed by atoms with Crippen molar-refractivity contribution in [2.75, 3.05) is 6.61 Å². The van der Waals surface area contributed by atoms with Gasteiger partial charge in [0, 0.05) is 30.0 Å².